The van der Waals surface area contributed by atoms with Crippen molar-refractivity contribution in [3.8, 4) is 0 Å². The molecule has 0 atom stereocenters. The molecule has 0 saturated carbocycles. The number of hydrogen-bond donors (Lipinski definition) is 0. The van der Waals surface area contributed by atoms with Gasteiger partial charge in [0.2, 0.25) is 0 Å². The van der Waals surface area contributed by atoms with E-state index in [9.17, 15) is 0 Å². The van der Waals surface area contributed by atoms with E-state index in [1.165, 1.54) is 57.0 Å². The topological polar surface area (TPSA) is 9.23 Å². The lowest BCUT2D eigenvalue weighted by Crippen LogP contribution is -3.00. The number of rotatable bonds is 11. The van der Waals surface area contributed by atoms with Crippen molar-refractivity contribution >= 4 is 7.26 Å². The fourth-order valence-electron chi connectivity index (χ4n) is 2.28. The molecule has 0 unspecified atom stereocenters. The summed E-state index contributed by atoms with van der Waals surface area (Å²) in [4.78, 5) is 0. The highest BCUT2D eigenvalue weighted by atomic mass is 35.5. The Morgan fingerprint density at radius 2 is 1.12 bits per heavy atom. The van der Waals surface area contributed by atoms with Gasteiger partial charge in [0, 0.05) is 14.4 Å². The van der Waals surface area contributed by atoms with E-state index in [1.807, 2.05) is 7.11 Å². The molecule has 0 fully saturated rings. The van der Waals surface area contributed by atoms with Gasteiger partial charge in [-0.3, -0.25) is 0 Å². The number of halogens is 1. The molecule has 0 radical (unpaired) electrons. The molecule has 3 heteroatoms. The van der Waals surface area contributed by atoms with Crippen molar-refractivity contribution in [2.45, 2.75) is 59.3 Å². The van der Waals surface area contributed by atoms with E-state index in [4.69, 9.17) is 4.74 Å². The van der Waals surface area contributed by atoms with E-state index >= 15 is 0 Å². The van der Waals surface area contributed by atoms with Crippen molar-refractivity contribution in [2.24, 2.45) is 0 Å². The number of unbranched alkanes of at least 4 members (excludes halogenated alkanes) is 3. The smallest absolute Gasteiger partial charge is 0.156 e. The summed E-state index contributed by atoms with van der Waals surface area (Å²) in [7, 11) is 1.12. The molecule has 1 nitrogen and oxygen atoms in total. The quantitative estimate of drug-likeness (QED) is 0.527. The predicted octanol–water partition coefficient (Wildman–Crippen LogP) is 2.01. The van der Waals surface area contributed by atoms with Crippen LogP contribution in [0.4, 0.5) is 0 Å². The van der Waals surface area contributed by atoms with Crippen molar-refractivity contribution in [1.29, 1.82) is 0 Å². The normalized spacial score (nSPS) is 11.3. The Bertz CT molecular complexity index is 131. The minimum Gasteiger partial charge on any atom is -1.00 e. The molecule has 0 aliphatic rings. The molecule has 0 aromatic carbocycles. The number of ether oxygens (including phenoxy) is 1. The van der Waals surface area contributed by atoms with Gasteiger partial charge in [-0.1, -0.05) is 40.0 Å². The molecule has 0 rings (SSSR count). The second-order valence-electron chi connectivity index (χ2n) is 4.99. The summed E-state index contributed by atoms with van der Waals surface area (Å²) in [6, 6.07) is 0. The van der Waals surface area contributed by atoms with Crippen LogP contribution in [-0.2, 0) is 4.74 Å². The molecule has 106 valence electrons. The second-order valence-corrected chi connectivity index (χ2v) is 9.27. The zero-order chi connectivity index (χ0) is 12.3. The largest absolute Gasteiger partial charge is 1.00 e. The Balaban J connectivity index is 0. The van der Waals surface area contributed by atoms with Gasteiger partial charge in [-0.2, -0.15) is 0 Å². The molecular weight excluding hydrogens is 251 g/mol. The first-order valence-electron chi connectivity index (χ1n) is 7.08. The number of hydrogen-bond acceptors (Lipinski definition) is 1. The highest BCUT2D eigenvalue weighted by Gasteiger charge is 2.35. The molecule has 0 bridgehead atoms. The molecular formula is C14H32ClOP. The predicted molar refractivity (Wildman–Crippen MR) is 78.1 cm³/mol. The molecule has 0 saturated heterocycles. The Morgan fingerprint density at radius 1 is 0.765 bits per heavy atom. The van der Waals surface area contributed by atoms with Gasteiger partial charge in [-0.25, -0.2) is 0 Å². The monoisotopic (exact) mass is 282 g/mol. The Labute approximate surface area is 116 Å². The highest BCUT2D eigenvalue weighted by Crippen LogP contribution is 2.60. The van der Waals surface area contributed by atoms with Crippen LogP contribution in [0.5, 0.6) is 0 Å². The van der Waals surface area contributed by atoms with Crippen LogP contribution < -0.4 is 12.4 Å². The summed E-state index contributed by atoms with van der Waals surface area (Å²) in [5, 5.41) is 0. The van der Waals surface area contributed by atoms with E-state index in [1.54, 1.807) is 0 Å². The summed E-state index contributed by atoms with van der Waals surface area (Å²) in [6.45, 7) is 6.92. The first-order chi connectivity index (χ1) is 7.74. The molecule has 0 spiro atoms. The zero-order valence-electron chi connectivity index (χ0n) is 12.3. The third kappa shape index (κ3) is 9.28. The molecule has 0 heterocycles. The summed E-state index contributed by atoms with van der Waals surface area (Å²) < 4.78 is 5.55. The van der Waals surface area contributed by atoms with Gasteiger partial charge in [0.25, 0.3) is 0 Å². The lowest BCUT2D eigenvalue weighted by atomic mass is 10.4. The minimum atomic E-state index is -0.768. The average Bonchev–Trinajstić information content (AvgIpc) is 2.31. The van der Waals surface area contributed by atoms with Crippen LogP contribution in [0.15, 0.2) is 0 Å². The van der Waals surface area contributed by atoms with Gasteiger partial charge in [-0.05, 0) is 19.3 Å². The maximum atomic E-state index is 5.55. The van der Waals surface area contributed by atoms with Crippen LogP contribution in [-0.4, -0.2) is 31.9 Å². The third-order valence-corrected chi connectivity index (χ3v) is 7.96. The lowest BCUT2D eigenvalue weighted by molar-refractivity contribution is -0.00000395. The Kier molecular flexibility index (Phi) is 15.4. The van der Waals surface area contributed by atoms with Crippen LogP contribution in [0.3, 0.4) is 0 Å². The molecule has 17 heavy (non-hydrogen) atoms. The Hall–Kier alpha value is 0.680. The fourth-order valence-corrected chi connectivity index (χ4v) is 6.85. The van der Waals surface area contributed by atoms with Crippen molar-refractivity contribution < 1.29 is 17.1 Å². The van der Waals surface area contributed by atoms with Crippen LogP contribution in [0, 0.1) is 0 Å². The van der Waals surface area contributed by atoms with E-state index in [-0.39, 0.29) is 12.4 Å². The van der Waals surface area contributed by atoms with Crippen molar-refractivity contribution in [1.82, 2.24) is 0 Å². The molecule has 0 amide bonds. The molecule has 0 aromatic heterocycles. The standard InChI is InChI=1S/C14H32OP.ClH/c1-5-8-11-16(14-15-4,12-9-6-2)13-10-7-3;/h5-14H2,1-4H3;1H/q+1;/p-1. The Morgan fingerprint density at radius 3 is 1.35 bits per heavy atom. The van der Waals surface area contributed by atoms with Crippen molar-refractivity contribution in [3.05, 3.63) is 0 Å². The van der Waals surface area contributed by atoms with Crippen molar-refractivity contribution in [3.63, 3.8) is 0 Å². The molecule has 0 aliphatic heterocycles. The minimum absolute atomic E-state index is 0. The third-order valence-electron chi connectivity index (χ3n) is 3.36. The first kappa shape index (κ1) is 20.0. The van der Waals surface area contributed by atoms with Crippen LogP contribution >= 0.6 is 7.26 Å². The first-order valence-corrected chi connectivity index (χ1v) is 9.61. The van der Waals surface area contributed by atoms with E-state index < -0.39 is 7.26 Å². The van der Waals surface area contributed by atoms with Crippen LogP contribution in [0.1, 0.15) is 59.3 Å². The van der Waals surface area contributed by atoms with Crippen LogP contribution in [0.25, 0.3) is 0 Å². The van der Waals surface area contributed by atoms with E-state index in [0.29, 0.717) is 0 Å². The van der Waals surface area contributed by atoms with Gasteiger partial charge >= 0.3 is 0 Å². The number of methoxy groups -OCH3 is 1. The summed E-state index contributed by atoms with van der Waals surface area (Å²) >= 11 is 0. The lowest BCUT2D eigenvalue weighted by Gasteiger charge is -2.26. The maximum absolute atomic E-state index is 5.55. The van der Waals surface area contributed by atoms with E-state index in [2.05, 4.69) is 20.8 Å². The van der Waals surface area contributed by atoms with Gasteiger partial charge in [-0.15, -0.1) is 0 Å². The zero-order valence-corrected chi connectivity index (χ0v) is 14.0. The fraction of sp³-hybridized carbons (Fsp3) is 1.00. The van der Waals surface area contributed by atoms with E-state index in [0.717, 1.165) is 6.35 Å². The van der Waals surface area contributed by atoms with Gasteiger partial charge in [0.05, 0.1) is 18.5 Å². The van der Waals surface area contributed by atoms with Gasteiger partial charge < -0.3 is 17.1 Å². The SMILES string of the molecule is CCCC[P+](CCCC)(CCCC)COC.[Cl-]. The maximum Gasteiger partial charge on any atom is 0.156 e. The van der Waals surface area contributed by atoms with Crippen LogP contribution in [0.2, 0.25) is 0 Å². The molecule has 0 aromatic rings. The van der Waals surface area contributed by atoms with Crippen molar-refractivity contribution in [2.75, 3.05) is 31.9 Å². The van der Waals surface area contributed by atoms with Gasteiger partial charge in [0.15, 0.2) is 6.35 Å². The second kappa shape index (κ2) is 13.1. The summed E-state index contributed by atoms with van der Waals surface area (Å²) in [5.41, 5.74) is 0. The summed E-state index contributed by atoms with van der Waals surface area (Å²) in [6.07, 6.45) is 13.7. The average molecular weight is 283 g/mol. The molecule has 0 N–H and O–H groups in total. The highest BCUT2D eigenvalue weighted by molar-refractivity contribution is 7.75. The van der Waals surface area contributed by atoms with Gasteiger partial charge in [0.1, 0.15) is 0 Å². The summed E-state index contributed by atoms with van der Waals surface area (Å²) in [5.74, 6) is 0. The molecule has 0 aliphatic carbocycles.